The molecule has 3 heterocycles. The lowest BCUT2D eigenvalue weighted by Crippen LogP contribution is -2.05. The van der Waals surface area contributed by atoms with Crippen molar-refractivity contribution in [3.63, 3.8) is 0 Å². The molecule has 4 aromatic rings. The minimum atomic E-state index is -4.40. The topological polar surface area (TPSA) is 88.0 Å². The average molecular weight is 449 g/mol. The summed E-state index contributed by atoms with van der Waals surface area (Å²) in [5.41, 5.74) is 5.90. The molecule has 0 fully saturated rings. The second kappa shape index (κ2) is 9.43. The number of alkyl halides is 3. The third kappa shape index (κ3) is 5.88. The number of anilines is 3. The second-order valence-electron chi connectivity index (χ2n) is 7.00. The van der Waals surface area contributed by atoms with Crippen LogP contribution in [0.1, 0.15) is 17.0 Å². The average Bonchev–Trinajstić information content (AvgIpc) is 2.80. The van der Waals surface area contributed by atoms with Crippen LogP contribution in [0.15, 0.2) is 78.3 Å². The first-order valence-electron chi connectivity index (χ1n) is 9.82. The summed E-state index contributed by atoms with van der Waals surface area (Å²) in [4.78, 5) is 17.0. The van der Waals surface area contributed by atoms with Gasteiger partial charge < -0.3 is 5.32 Å². The Bertz CT molecular complexity index is 1260. The largest absolute Gasteiger partial charge is 0.416 e. The summed E-state index contributed by atoms with van der Waals surface area (Å²) in [5.74, 6) is 0.334. The normalized spacial score (nSPS) is 11.5. The van der Waals surface area contributed by atoms with Crippen LogP contribution in [0.2, 0.25) is 0 Å². The van der Waals surface area contributed by atoms with Crippen molar-refractivity contribution >= 4 is 23.5 Å². The standard InChI is InChI=1S/C23H18F3N7/c1-15-11-21(16-7-9-27-10-8-16)32-22(30-15)33-29-14-19-5-6-20(13-28-19)31-18-4-2-3-17(12-18)23(24,25)26/h2-14,31H,1H3,(H,30,32,33)/b29-14+. The van der Waals surface area contributed by atoms with E-state index in [0.29, 0.717) is 23.0 Å². The summed E-state index contributed by atoms with van der Waals surface area (Å²) < 4.78 is 38.6. The lowest BCUT2D eigenvalue weighted by atomic mass is 10.2. The van der Waals surface area contributed by atoms with Gasteiger partial charge in [-0.2, -0.15) is 18.3 Å². The Balaban J connectivity index is 1.41. The number of rotatable bonds is 6. The molecule has 0 saturated carbocycles. The molecule has 0 aliphatic rings. The van der Waals surface area contributed by atoms with Gasteiger partial charge in [-0.1, -0.05) is 6.07 Å². The fourth-order valence-corrected chi connectivity index (χ4v) is 2.94. The van der Waals surface area contributed by atoms with Crippen LogP contribution in [0.4, 0.5) is 30.5 Å². The number of hydrogen-bond donors (Lipinski definition) is 2. The Kier molecular flexibility index (Phi) is 6.25. The van der Waals surface area contributed by atoms with Crippen LogP contribution in [0.25, 0.3) is 11.3 Å². The fraction of sp³-hybridized carbons (Fsp3) is 0.0870. The third-order valence-electron chi connectivity index (χ3n) is 4.46. The van der Waals surface area contributed by atoms with Crippen molar-refractivity contribution in [3.8, 4) is 11.3 Å². The number of aryl methyl sites for hydroxylation is 1. The first-order chi connectivity index (χ1) is 15.9. The number of halogens is 3. The highest BCUT2D eigenvalue weighted by molar-refractivity contribution is 5.78. The summed E-state index contributed by atoms with van der Waals surface area (Å²) in [5, 5.41) is 7.03. The Morgan fingerprint density at radius 3 is 2.48 bits per heavy atom. The molecule has 4 rings (SSSR count). The first kappa shape index (κ1) is 21.9. The lowest BCUT2D eigenvalue weighted by Gasteiger charge is -2.10. The van der Waals surface area contributed by atoms with E-state index in [1.165, 1.54) is 18.5 Å². The van der Waals surface area contributed by atoms with E-state index in [-0.39, 0.29) is 0 Å². The van der Waals surface area contributed by atoms with Gasteiger partial charge in [0.05, 0.1) is 35.1 Å². The number of hydrogen-bond acceptors (Lipinski definition) is 7. The minimum absolute atomic E-state index is 0.316. The molecule has 0 amide bonds. The summed E-state index contributed by atoms with van der Waals surface area (Å²) >= 11 is 0. The number of nitrogens with zero attached hydrogens (tertiary/aromatic N) is 5. The van der Waals surface area contributed by atoms with E-state index >= 15 is 0 Å². The van der Waals surface area contributed by atoms with Crippen LogP contribution >= 0.6 is 0 Å². The molecular weight excluding hydrogens is 431 g/mol. The Labute approximate surface area is 187 Å². The van der Waals surface area contributed by atoms with Crippen LogP contribution < -0.4 is 10.7 Å². The molecule has 10 heteroatoms. The Hall–Kier alpha value is -4.34. The molecule has 3 aromatic heterocycles. The highest BCUT2D eigenvalue weighted by Gasteiger charge is 2.30. The van der Waals surface area contributed by atoms with Crippen LogP contribution in [0.5, 0.6) is 0 Å². The zero-order valence-corrected chi connectivity index (χ0v) is 17.4. The number of benzene rings is 1. The molecule has 0 atom stereocenters. The molecule has 0 unspecified atom stereocenters. The Morgan fingerprint density at radius 2 is 1.76 bits per heavy atom. The van der Waals surface area contributed by atoms with Crippen molar-refractivity contribution in [2.24, 2.45) is 5.10 Å². The van der Waals surface area contributed by atoms with E-state index < -0.39 is 11.7 Å². The van der Waals surface area contributed by atoms with Gasteiger partial charge in [0.15, 0.2) is 0 Å². The van der Waals surface area contributed by atoms with E-state index in [9.17, 15) is 13.2 Å². The summed E-state index contributed by atoms with van der Waals surface area (Å²) in [7, 11) is 0. The van der Waals surface area contributed by atoms with E-state index in [4.69, 9.17) is 0 Å². The molecule has 7 nitrogen and oxygen atoms in total. The van der Waals surface area contributed by atoms with Crippen molar-refractivity contribution in [1.29, 1.82) is 0 Å². The molecule has 0 saturated heterocycles. The first-order valence-corrected chi connectivity index (χ1v) is 9.82. The van der Waals surface area contributed by atoms with Crippen molar-refractivity contribution in [2.75, 3.05) is 10.7 Å². The lowest BCUT2D eigenvalue weighted by molar-refractivity contribution is -0.137. The second-order valence-corrected chi connectivity index (χ2v) is 7.00. The molecule has 0 aliphatic carbocycles. The van der Waals surface area contributed by atoms with Crippen molar-refractivity contribution in [3.05, 3.63) is 90.1 Å². The zero-order chi connectivity index (χ0) is 23.3. The summed E-state index contributed by atoms with van der Waals surface area (Å²) in [6.45, 7) is 1.86. The predicted octanol–water partition coefficient (Wildman–Crippen LogP) is 5.45. The molecule has 0 radical (unpaired) electrons. The number of nitrogens with one attached hydrogen (secondary N) is 2. The monoisotopic (exact) mass is 449 g/mol. The van der Waals surface area contributed by atoms with Gasteiger partial charge >= 0.3 is 6.18 Å². The maximum absolute atomic E-state index is 12.9. The van der Waals surface area contributed by atoms with Crippen molar-refractivity contribution < 1.29 is 13.2 Å². The van der Waals surface area contributed by atoms with Crippen LogP contribution in [-0.2, 0) is 6.18 Å². The number of aromatic nitrogens is 4. The van der Waals surface area contributed by atoms with Crippen LogP contribution in [-0.4, -0.2) is 26.2 Å². The fourth-order valence-electron chi connectivity index (χ4n) is 2.94. The SMILES string of the molecule is Cc1cc(-c2ccncc2)nc(N/N=C/c2ccc(Nc3cccc(C(F)(F)F)c3)cn2)n1. The highest BCUT2D eigenvalue weighted by atomic mass is 19.4. The quantitative estimate of drug-likeness (QED) is 0.301. The van der Waals surface area contributed by atoms with Gasteiger partial charge in [0.25, 0.3) is 0 Å². The van der Waals surface area contributed by atoms with Gasteiger partial charge in [0, 0.05) is 29.3 Å². The maximum atomic E-state index is 12.9. The van der Waals surface area contributed by atoms with Crippen molar-refractivity contribution in [2.45, 2.75) is 13.1 Å². The summed E-state index contributed by atoms with van der Waals surface area (Å²) in [6.07, 6.45) is 1.98. The van der Waals surface area contributed by atoms with Gasteiger partial charge in [-0.25, -0.2) is 15.4 Å². The molecule has 166 valence electrons. The molecule has 2 N–H and O–H groups in total. The van der Waals surface area contributed by atoms with Gasteiger partial charge in [0.1, 0.15) is 0 Å². The zero-order valence-electron chi connectivity index (χ0n) is 17.4. The van der Waals surface area contributed by atoms with E-state index in [1.807, 2.05) is 25.1 Å². The van der Waals surface area contributed by atoms with Crippen LogP contribution in [0.3, 0.4) is 0 Å². The van der Waals surface area contributed by atoms with Crippen LogP contribution in [0, 0.1) is 6.92 Å². The predicted molar refractivity (Wildman–Crippen MR) is 120 cm³/mol. The minimum Gasteiger partial charge on any atom is -0.354 e. The third-order valence-corrected chi connectivity index (χ3v) is 4.46. The molecule has 0 aliphatic heterocycles. The van der Waals surface area contributed by atoms with Gasteiger partial charge in [-0.3, -0.25) is 9.97 Å². The van der Waals surface area contributed by atoms with Gasteiger partial charge in [0.2, 0.25) is 5.95 Å². The molecular formula is C23H18F3N7. The summed E-state index contributed by atoms with van der Waals surface area (Å²) in [6, 6.07) is 13.9. The number of hydrazone groups is 1. The maximum Gasteiger partial charge on any atom is 0.416 e. The number of pyridine rings is 2. The van der Waals surface area contributed by atoms with Crippen molar-refractivity contribution in [1.82, 2.24) is 19.9 Å². The van der Waals surface area contributed by atoms with Gasteiger partial charge in [-0.05, 0) is 55.5 Å². The van der Waals surface area contributed by atoms with Gasteiger partial charge in [-0.15, -0.1) is 0 Å². The molecule has 33 heavy (non-hydrogen) atoms. The molecule has 0 spiro atoms. The van der Waals surface area contributed by atoms with E-state index in [1.54, 1.807) is 30.6 Å². The highest BCUT2D eigenvalue weighted by Crippen LogP contribution is 2.31. The van der Waals surface area contributed by atoms with E-state index in [2.05, 4.69) is 35.8 Å². The Morgan fingerprint density at radius 1 is 0.939 bits per heavy atom. The van der Waals surface area contributed by atoms with E-state index in [0.717, 1.165) is 29.1 Å². The smallest absolute Gasteiger partial charge is 0.354 e. The molecule has 1 aromatic carbocycles. The molecule has 0 bridgehead atoms.